The van der Waals surface area contributed by atoms with Gasteiger partial charge in [0, 0.05) is 18.2 Å². The topological polar surface area (TPSA) is 59.1 Å². The molecule has 2 aromatic carbocycles. The standard InChI is InChI=1S/C33H41F3N2O4/c1-5-41-30(39)24-8-6-7-23(15-24)28-12-14-37(18-22(28)4)27-11-13-32(17-27,21(2)3)31(40)38-19-25-16-26(33(34,35)36)9-10-29(25)42-20-38/h6-10,15-16,21-22,27-28H,5,11-14,17-20H2,1-4H3/t22-,27+,28-,32-/m0/s1. The van der Waals surface area contributed by atoms with E-state index in [-0.39, 0.29) is 37.1 Å². The molecule has 5 rings (SSSR count). The van der Waals surface area contributed by atoms with Crippen molar-refractivity contribution in [2.75, 3.05) is 26.4 Å². The fourth-order valence-electron chi connectivity index (χ4n) is 7.31. The molecule has 1 saturated carbocycles. The first-order valence-corrected chi connectivity index (χ1v) is 15.1. The monoisotopic (exact) mass is 586 g/mol. The number of ether oxygens (including phenoxy) is 2. The molecule has 0 aromatic heterocycles. The first-order valence-electron chi connectivity index (χ1n) is 15.1. The van der Waals surface area contributed by atoms with E-state index in [9.17, 15) is 22.8 Å². The van der Waals surface area contributed by atoms with Crippen LogP contribution in [0.4, 0.5) is 13.2 Å². The van der Waals surface area contributed by atoms with E-state index in [1.807, 2.05) is 12.1 Å². The van der Waals surface area contributed by atoms with E-state index in [0.29, 0.717) is 35.3 Å². The van der Waals surface area contributed by atoms with Crippen LogP contribution in [0.3, 0.4) is 0 Å². The van der Waals surface area contributed by atoms with E-state index in [2.05, 4.69) is 31.7 Å². The molecule has 1 aliphatic carbocycles. The molecule has 6 nitrogen and oxygen atoms in total. The van der Waals surface area contributed by atoms with Gasteiger partial charge < -0.3 is 19.3 Å². The van der Waals surface area contributed by atoms with Crippen LogP contribution in [-0.4, -0.2) is 54.1 Å². The average molecular weight is 587 g/mol. The summed E-state index contributed by atoms with van der Waals surface area (Å²) < 4.78 is 50.9. The molecule has 0 radical (unpaired) electrons. The number of rotatable bonds is 6. The fourth-order valence-corrected chi connectivity index (χ4v) is 7.31. The summed E-state index contributed by atoms with van der Waals surface area (Å²) in [6.07, 6.45) is -1.11. The zero-order chi connectivity index (χ0) is 30.2. The zero-order valence-electron chi connectivity index (χ0n) is 24.9. The number of fused-ring (bicyclic) bond motifs is 1. The average Bonchev–Trinajstić information content (AvgIpc) is 3.43. The lowest BCUT2D eigenvalue weighted by Crippen LogP contribution is -2.49. The Labute approximate surface area is 246 Å². The number of piperidine rings is 1. The predicted molar refractivity (Wildman–Crippen MR) is 153 cm³/mol. The summed E-state index contributed by atoms with van der Waals surface area (Å²) >= 11 is 0. The molecule has 228 valence electrons. The van der Waals surface area contributed by atoms with Crippen molar-refractivity contribution in [3.63, 3.8) is 0 Å². The van der Waals surface area contributed by atoms with Gasteiger partial charge in [-0.3, -0.25) is 4.79 Å². The second-order valence-electron chi connectivity index (χ2n) is 12.5. The van der Waals surface area contributed by atoms with E-state index in [1.54, 1.807) is 17.9 Å². The first-order chi connectivity index (χ1) is 19.9. The third kappa shape index (κ3) is 5.90. The largest absolute Gasteiger partial charge is 0.473 e. The van der Waals surface area contributed by atoms with Gasteiger partial charge in [-0.1, -0.05) is 32.9 Å². The van der Waals surface area contributed by atoms with Gasteiger partial charge in [0.25, 0.3) is 0 Å². The van der Waals surface area contributed by atoms with Gasteiger partial charge in [-0.2, -0.15) is 13.2 Å². The first kappa shape index (κ1) is 30.4. The van der Waals surface area contributed by atoms with Crippen molar-refractivity contribution in [2.45, 2.75) is 78.1 Å². The van der Waals surface area contributed by atoms with E-state index < -0.39 is 17.2 Å². The van der Waals surface area contributed by atoms with Gasteiger partial charge in [-0.25, -0.2) is 4.79 Å². The molecular formula is C33H41F3N2O4. The number of carbonyl (C=O) groups is 2. The number of benzene rings is 2. The predicted octanol–water partition coefficient (Wildman–Crippen LogP) is 6.88. The van der Waals surface area contributed by atoms with Gasteiger partial charge in [0.1, 0.15) is 5.75 Å². The summed E-state index contributed by atoms with van der Waals surface area (Å²) in [4.78, 5) is 30.5. The summed E-state index contributed by atoms with van der Waals surface area (Å²) in [5.41, 5.74) is 0.815. The van der Waals surface area contributed by atoms with Crippen LogP contribution < -0.4 is 4.74 Å². The quantitative estimate of drug-likeness (QED) is 0.346. The molecule has 3 aliphatic rings. The van der Waals surface area contributed by atoms with Crippen molar-refractivity contribution >= 4 is 11.9 Å². The van der Waals surface area contributed by atoms with Crippen molar-refractivity contribution in [1.29, 1.82) is 0 Å². The fraction of sp³-hybridized carbons (Fsp3) is 0.576. The molecule has 0 N–H and O–H groups in total. The molecule has 4 atom stereocenters. The number of carbonyl (C=O) groups excluding carboxylic acids is 2. The van der Waals surface area contributed by atoms with Crippen LogP contribution in [0.25, 0.3) is 0 Å². The van der Waals surface area contributed by atoms with Crippen molar-refractivity contribution in [3.05, 3.63) is 64.7 Å². The maximum Gasteiger partial charge on any atom is 0.416 e. The summed E-state index contributed by atoms with van der Waals surface area (Å²) in [5.74, 6) is 0.866. The van der Waals surface area contributed by atoms with Crippen molar-refractivity contribution in [3.8, 4) is 5.75 Å². The van der Waals surface area contributed by atoms with Gasteiger partial charge in [-0.05, 0) is 92.8 Å². The minimum absolute atomic E-state index is 0.0261. The summed E-state index contributed by atoms with van der Waals surface area (Å²) in [5, 5.41) is 0. The molecule has 2 heterocycles. The van der Waals surface area contributed by atoms with Crippen LogP contribution >= 0.6 is 0 Å². The Hall–Kier alpha value is -3.07. The number of halogens is 3. The zero-order valence-corrected chi connectivity index (χ0v) is 24.9. The Morgan fingerprint density at radius 2 is 1.93 bits per heavy atom. The highest BCUT2D eigenvalue weighted by molar-refractivity contribution is 5.89. The second kappa shape index (κ2) is 11.9. The third-order valence-electron chi connectivity index (χ3n) is 9.75. The number of esters is 1. The van der Waals surface area contributed by atoms with Crippen LogP contribution in [0, 0.1) is 17.3 Å². The highest BCUT2D eigenvalue weighted by atomic mass is 19.4. The molecule has 2 aromatic rings. The minimum atomic E-state index is -4.45. The molecule has 0 bridgehead atoms. The summed E-state index contributed by atoms with van der Waals surface area (Å²) in [7, 11) is 0. The van der Waals surface area contributed by atoms with Gasteiger partial charge in [-0.15, -0.1) is 0 Å². The molecule has 0 spiro atoms. The van der Waals surface area contributed by atoms with Crippen LogP contribution in [0.15, 0.2) is 42.5 Å². The highest BCUT2D eigenvalue weighted by Crippen LogP contribution is 2.49. The van der Waals surface area contributed by atoms with Crippen molar-refractivity contribution < 1.29 is 32.2 Å². The van der Waals surface area contributed by atoms with Crippen LogP contribution in [0.5, 0.6) is 5.75 Å². The second-order valence-corrected chi connectivity index (χ2v) is 12.5. The highest BCUT2D eigenvalue weighted by Gasteiger charge is 2.51. The van der Waals surface area contributed by atoms with Gasteiger partial charge in [0.2, 0.25) is 5.91 Å². The number of amides is 1. The molecule has 0 unspecified atom stereocenters. The Morgan fingerprint density at radius 3 is 2.62 bits per heavy atom. The summed E-state index contributed by atoms with van der Waals surface area (Å²) in [6.45, 7) is 10.5. The Bertz CT molecular complexity index is 1310. The van der Waals surface area contributed by atoms with Gasteiger partial charge >= 0.3 is 12.1 Å². The molecular weight excluding hydrogens is 545 g/mol. The normalized spacial score (nSPS) is 26.6. The lowest BCUT2D eigenvalue weighted by Gasteiger charge is -2.42. The number of likely N-dealkylation sites (tertiary alicyclic amines) is 1. The third-order valence-corrected chi connectivity index (χ3v) is 9.75. The maximum absolute atomic E-state index is 14.1. The SMILES string of the molecule is CCOC(=O)c1cccc([C@H]2CCN([C@@H]3CC[C@@](C(=O)N4COc5ccc(C(F)(F)F)cc5C4)(C(C)C)C3)C[C@@H]2C)c1. The van der Waals surface area contributed by atoms with Gasteiger partial charge in [0.15, 0.2) is 6.73 Å². The minimum Gasteiger partial charge on any atom is -0.473 e. The smallest absolute Gasteiger partial charge is 0.416 e. The van der Waals surface area contributed by atoms with E-state index in [1.165, 1.54) is 6.07 Å². The lowest BCUT2D eigenvalue weighted by molar-refractivity contribution is -0.150. The number of alkyl halides is 3. The molecule has 2 aliphatic heterocycles. The van der Waals surface area contributed by atoms with Crippen LogP contribution in [0.2, 0.25) is 0 Å². The Kier molecular flexibility index (Phi) is 8.61. The molecule has 1 amide bonds. The van der Waals surface area contributed by atoms with E-state index in [0.717, 1.165) is 56.5 Å². The van der Waals surface area contributed by atoms with Crippen LogP contribution in [0.1, 0.15) is 86.3 Å². The van der Waals surface area contributed by atoms with E-state index in [4.69, 9.17) is 9.47 Å². The van der Waals surface area contributed by atoms with Crippen molar-refractivity contribution in [2.24, 2.45) is 17.3 Å². The van der Waals surface area contributed by atoms with Crippen LogP contribution in [-0.2, 0) is 22.3 Å². The number of hydrogen-bond acceptors (Lipinski definition) is 5. The van der Waals surface area contributed by atoms with E-state index >= 15 is 0 Å². The number of hydrogen-bond donors (Lipinski definition) is 0. The molecule has 9 heteroatoms. The van der Waals surface area contributed by atoms with Crippen molar-refractivity contribution in [1.82, 2.24) is 9.80 Å². The molecule has 42 heavy (non-hydrogen) atoms. The number of nitrogens with zero attached hydrogens (tertiary/aromatic N) is 2. The maximum atomic E-state index is 14.1. The van der Waals surface area contributed by atoms with Gasteiger partial charge in [0.05, 0.1) is 29.7 Å². The summed E-state index contributed by atoms with van der Waals surface area (Å²) in [6, 6.07) is 11.5. The molecule has 1 saturated heterocycles. The Balaban J connectivity index is 1.26. The Morgan fingerprint density at radius 1 is 1.14 bits per heavy atom. The molecule has 2 fully saturated rings. The lowest BCUT2D eigenvalue weighted by atomic mass is 9.74.